The highest BCUT2D eigenvalue weighted by atomic mass is 16.6. The molecule has 0 bridgehead atoms. The molecule has 4 nitrogen and oxygen atoms in total. The molecule has 4 heteroatoms. The molecule has 1 aliphatic carbocycles. The minimum atomic E-state index is -1.16. The van der Waals surface area contributed by atoms with Crippen molar-refractivity contribution in [3.8, 4) is 0 Å². The molecule has 0 aliphatic heterocycles. The van der Waals surface area contributed by atoms with Crippen molar-refractivity contribution >= 4 is 6.29 Å². The van der Waals surface area contributed by atoms with Gasteiger partial charge >= 0.3 is 0 Å². The number of carbonyl (C=O) groups excluding carboxylic acids is 1. The highest BCUT2D eigenvalue weighted by Gasteiger charge is 2.32. The van der Waals surface area contributed by atoms with Crippen LogP contribution in [0, 0.1) is 10.1 Å². The van der Waals surface area contributed by atoms with Crippen molar-refractivity contribution in [2.24, 2.45) is 0 Å². The molecule has 0 amide bonds. The molecule has 0 spiro atoms. The van der Waals surface area contributed by atoms with E-state index in [1.165, 1.54) is 19.1 Å². The van der Waals surface area contributed by atoms with E-state index in [1.54, 1.807) is 12.2 Å². The molecule has 0 unspecified atom stereocenters. The van der Waals surface area contributed by atoms with Crippen LogP contribution in [0.25, 0.3) is 0 Å². The molecule has 0 aromatic heterocycles. The van der Waals surface area contributed by atoms with Crippen LogP contribution < -0.4 is 0 Å². The third-order valence-corrected chi connectivity index (χ3v) is 2.57. The van der Waals surface area contributed by atoms with Gasteiger partial charge in [-0.3, -0.25) is 14.9 Å². The molecule has 1 radical (unpaired) electrons. The number of nitro groups is 1. The van der Waals surface area contributed by atoms with Crippen molar-refractivity contribution in [3.63, 3.8) is 0 Å². The van der Waals surface area contributed by atoms with Crippen LogP contribution >= 0.6 is 0 Å². The number of hydrogen-bond donors (Lipinski definition) is 0. The van der Waals surface area contributed by atoms with Crippen molar-refractivity contribution in [2.45, 2.75) is 32.2 Å². The van der Waals surface area contributed by atoms with Crippen molar-refractivity contribution < 1.29 is 9.72 Å². The van der Waals surface area contributed by atoms with Crippen molar-refractivity contribution in [1.29, 1.82) is 0 Å². The van der Waals surface area contributed by atoms with Crippen LogP contribution in [0.15, 0.2) is 35.5 Å². The zero-order valence-electron chi connectivity index (χ0n) is 9.40. The van der Waals surface area contributed by atoms with E-state index in [1.807, 2.05) is 13.2 Å². The fourth-order valence-electron chi connectivity index (χ4n) is 1.46. The van der Waals surface area contributed by atoms with Crippen LogP contribution in [0.4, 0.5) is 0 Å². The van der Waals surface area contributed by atoms with Gasteiger partial charge in [-0.1, -0.05) is 25.5 Å². The van der Waals surface area contributed by atoms with Crippen LogP contribution in [0.5, 0.6) is 0 Å². The minimum Gasteiger partial charge on any atom is -0.285 e. The maximum Gasteiger partial charge on any atom is 0.256 e. The number of nitrogens with zero attached hydrogens (tertiary/aromatic N) is 1. The van der Waals surface area contributed by atoms with Gasteiger partial charge in [-0.2, -0.15) is 0 Å². The molecule has 16 heavy (non-hydrogen) atoms. The van der Waals surface area contributed by atoms with E-state index in [0.717, 1.165) is 12.0 Å². The second-order valence-electron chi connectivity index (χ2n) is 3.94. The summed E-state index contributed by atoms with van der Waals surface area (Å²) >= 11 is 0. The Kier molecular flexibility index (Phi) is 3.77. The van der Waals surface area contributed by atoms with Gasteiger partial charge in [-0.05, 0) is 24.1 Å². The lowest BCUT2D eigenvalue weighted by molar-refractivity contribution is -0.535. The van der Waals surface area contributed by atoms with Gasteiger partial charge in [-0.15, -0.1) is 0 Å². The monoisotopic (exact) mass is 220 g/mol. The summed E-state index contributed by atoms with van der Waals surface area (Å²) in [5, 5.41) is 10.8. The second kappa shape index (κ2) is 4.88. The Morgan fingerprint density at radius 3 is 2.44 bits per heavy atom. The smallest absolute Gasteiger partial charge is 0.256 e. The molecule has 0 aromatic rings. The van der Waals surface area contributed by atoms with Gasteiger partial charge in [0.2, 0.25) is 6.29 Å². The van der Waals surface area contributed by atoms with E-state index < -0.39 is 5.54 Å². The van der Waals surface area contributed by atoms with Gasteiger partial charge in [0, 0.05) is 17.4 Å². The van der Waals surface area contributed by atoms with E-state index in [2.05, 4.69) is 0 Å². The summed E-state index contributed by atoms with van der Waals surface area (Å²) in [4.78, 5) is 21.1. The van der Waals surface area contributed by atoms with E-state index in [9.17, 15) is 14.9 Å². The van der Waals surface area contributed by atoms with Gasteiger partial charge in [0.25, 0.3) is 5.54 Å². The minimum absolute atomic E-state index is 0.360. The van der Waals surface area contributed by atoms with E-state index >= 15 is 0 Å². The highest BCUT2D eigenvalue weighted by Crippen LogP contribution is 2.23. The van der Waals surface area contributed by atoms with Crippen LogP contribution in [0.2, 0.25) is 0 Å². The molecule has 0 saturated carbocycles. The molecule has 0 fully saturated rings. The molecule has 0 heterocycles. The lowest BCUT2D eigenvalue weighted by atomic mass is 9.92. The summed E-state index contributed by atoms with van der Waals surface area (Å²) in [7, 11) is 0. The zero-order chi connectivity index (χ0) is 12.2. The van der Waals surface area contributed by atoms with Crippen molar-refractivity contribution in [2.75, 3.05) is 0 Å². The molecular formula is C12H14NO3. The normalized spacial score (nSPS) is 23.2. The number of hydrogen-bond acceptors (Lipinski definition) is 3. The summed E-state index contributed by atoms with van der Waals surface area (Å²) < 4.78 is 0. The molecule has 1 rings (SSSR count). The summed E-state index contributed by atoms with van der Waals surface area (Å²) in [6, 6.07) is 0. The highest BCUT2D eigenvalue weighted by molar-refractivity contribution is 5.77. The lowest BCUT2D eigenvalue weighted by Crippen LogP contribution is -2.31. The molecule has 0 N–H and O–H groups in total. The van der Waals surface area contributed by atoms with Crippen molar-refractivity contribution in [1.82, 2.24) is 0 Å². The third-order valence-electron chi connectivity index (χ3n) is 2.57. The Morgan fingerprint density at radius 1 is 1.50 bits per heavy atom. The predicted molar refractivity (Wildman–Crippen MR) is 61.3 cm³/mol. The molecule has 0 aromatic carbocycles. The maximum atomic E-state index is 10.8. The summed E-state index contributed by atoms with van der Waals surface area (Å²) in [6.07, 6.45) is 9.62. The first-order valence-corrected chi connectivity index (χ1v) is 5.17. The van der Waals surface area contributed by atoms with E-state index in [0.29, 0.717) is 12.0 Å². The van der Waals surface area contributed by atoms with E-state index in [4.69, 9.17) is 0 Å². The topological polar surface area (TPSA) is 60.2 Å². The van der Waals surface area contributed by atoms with E-state index in [-0.39, 0.29) is 4.92 Å². The maximum absolute atomic E-state index is 10.8. The third kappa shape index (κ3) is 2.45. The van der Waals surface area contributed by atoms with Gasteiger partial charge in [0.1, 0.15) is 0 Å². The first-order chi connectivity index (χ1) is 7.53. The summed E-state index contributed by atoms with van der Waals surface area (Å²) in [5.41, 5.74) is 0.126. The standard InChI is InChI=1S/C12H14NO3/c1-3-4-11(9-14)10-5-7-12(2,8-6-10)13(15)16/h5-8H,3-4H2,1-2H3. The first-order valence-electron chi connectivity index (χ1n) is 5.17. The predicted octanol–water partition coefficient (Wildman–Crippen LogP) is 2.35. The Morgan fingerprint density at radius 2 is 2.06 bits per heavy atom. The Bertz CT molecular complexity index is 375. The molecular weight excluding hydrogens is 206 g/mol. The van der Waals surface area contributed by atoms with Gasteiger partial charge < -0.3 is 0 Å². The zero-order valence-corrected chi connectivity index (χ0v) is 9.40. The average Bonchev–Trinajstić information content (AvgIpc) is 2.27. The summed E-state index contributed by atoms with van der Waals surface area (Å²) in [6.45, 7) is 3.48. The average molecular weight is 220 g/mol. The van der Waals surface area contributed by atoms with Gasteiger partial charge in [0.05, 0.1) is 0 Å². The first kappa shape index (κ1) is 12.4. The largest absolute Gasteiger partial charge is 0.285 e. The summed E-state index contributed by atoms with van der Waals surface area (Å²) in [5.74, 6) is 0. The number of allylic oxidation sites excluding steroid dienone is 4. The van der Waals surface area contributed by atoms with Crippen LogP contribution in [-0.4, -0.2) is 16.7 Å². The fourth-order valence-corrected chi connectivity index (χ4v) is 1.46. The quantitative estimate of drug-likeness (QED) is 0.415. The Hall–Kier alpha value is -1.71. The van der Waals surface area contributed by atoms with Crippen LogP contribution in [-0.2, 0) is 4.79 Å². The SMILES string of the molecule is CCCC([C]=O)=C1C=CC(C)([N+](=O)[O-])C=C1. The van der Waals surface area contributed by atoms with Crippen LogP contribution in [0.3, 0.4) is 0 Å². The van der Waals surface area contributed by atoms with Gasteiger partial charge in [0.15, 0.2) is 0 Å². The van der Waals surface area contributed by atoms with Crippen LogP contribution in [0.1, 0.15) is 26.7 Å². The Balaban J connectivity index is 2.99. The Labute approximate surface area is 94.5 Å². The molecule has 0 saturated heterocycles. The fraction of sp³-hybridized carbons (Fsp3) is 0.417. The molecule has 0 atom stereocenters. The van der Waals surface area contributed by atoms with Crippen molar-refractivity contribution in [3.05, 3.63) is 45.6 Å². The van der Waals surface area contributed by atoms with Gasteiger partial charge in [-0.25, -0.2) is 0 Å². The lowest BCUT2D eigenvalue weighted by Gasteiger charge is -2.16. The second-order valence-corrected chi connectivity index (χ2v) is 3.94. The number of rotatable bonds is 4. The molecule has 85 valence electrons. The molecule has 1 aliphatic rings.